The molecule has 156 valence electrons. The van der Waals surface area contributed by atoms with Crippen LogP contribution >= 0.6 is 0 Å². The second-order valence-electron chi connectivity index (χ2n) is 9.00. The third kappa shape index (κ3) is 3.91. The summed E-state index contributed by atoms with van der Waals surface area (Å²) < 4.78 is 0. The van der Waals surface area contributed by atoms with E-state index in [4.69, 9.17) is 0 Å². The van der Waals surface area contributed by atoms with E-state index in [2.05, 4.69) is 0 Å². The van der Waals surface area contributed by atoms with Gasteiger partial charge in [0.2, 0.25) is 5.91 Å². The third-order valence-electron chi connectivity index (χ3n) is 5.39. The van der Waals surface area contributed by atoms with Gasteiger partial charge in [-0.05, 0) is 45.4 Å². The quantitative estimate of drug-likeness (QED) is 0.716. The molecule has 1 fully saturated rings. The fourth-order valence-corrected chi connectivity index (χ4v) is 3.87. The van der Waals surface area contributed by atoms with Gasteiger partial charge in [0.15, 0.2) is 0 Å². The zero-order valence-corrected chi connectivity index (χ0v) is 17.8. The van der Waals surface area contributed by atoms with Crippen LogP contribution in [-0.4, -0.2) is 70.0 Å². The summed E-state index contributed by atoms with van der Waals surface area (Å²) in [5.74, 6) is -0.835. The zero-order valence-electron chi connectivity index (χ0n) is 17.8. The van der Waals surface area contributed by atoms with Crippen LogP contribution in [0.15, 0.2) is 18.2 Å². The lowest BCUT2D eigenvalue weighted by molar-refractivity contribution is -0.134. The average Bonchev–Trinajstić information content (AvgIpc) is 2.80. The molecule has 1 aromatic carbocycles. The van der Waals surface area contributed by atoms with Crippen LogP contribution in [0.3, 0.4) is 0 Å². The third-order valence-corrected chi connectivity index (χ3v) is 5.39. The van der Waals surface area contributed by atoms with Gasteiger partial charge in [-0.15, -0.1) is 0 Å². The highest BCUT2D eigenvalue weighted by molar-refractivity contribution is 6.22. The predicted molar refractivity (Wildman–Crippen MR) is 109 cm³/mol. The molecule has 29 heavy (non-hydrogen) atoms. The molecule has 0 unspecified atom stereocenters. The van der Waals surface area contributed by atoms with Gasteiger partial charge in [0, 0.05) is 43.2 Å². The van der Waals surface area contributed by atoms with Crippen molar-refractivity contribution >= 4 is 23.6 Å². The van der Waals surface area contributed by atoms with Gasteiger partial charge < -0.3 is 9.80 Å². The molecule has 1 saturated heterocycles. The number of fused-ring (bicyclic) bond motifs is 1. The van der Waals surface area contributed by atoms with Crippen LogP contribution in [-0.2, 0) is 4.79 Å². The maximum absolute atomic E-state index is 13.0. The second-order valence-corrected chi connectivity index (χ2v) is 9.00. The maximum Gasteiger partial charge on any atom is 0.262 e. The lowest BCUT2D eigenvalue weighted by Crippen LogP contribution is -2.45. The minimum atomic E-state index is -0.630. The van der Waals surface area contributed by atoms with Crippen LogP contribution < -0.4 is 0 Å². The van der Waals surface area contributed by atoms with E-state index in [-0.39, 0.29) is 35.1 Å². The molecule has 0 atom stereocenters. The monoisotopic (exact) mass is 399 g/mol. The molecule has 7 nitrogen and oxygen atoms in total. The maximum atomic E-state index is 13.0. The Hall–Kier alpha value is -2.70. The average molecular weight is 399 g/mol. The molecule has 2 heterocycles. The van der Waals surface area contributed by atoms with Crippen LogP contribution in [0.2, 0.25) is 0 Å². The number of imide groups is 1. The van der Waals surface area contributed by atoms with Crippen LogP contribution in [0.1, 0.15) is 72.1 Å². The van der Waals surface area contributed by atoms with Crippen molar-refractivity contribution in [2.24, 2.45) is 5.92 Å². The summed E-state index contributed by atoms with van der Waals surface area (Å²) in [5, 5.41) is 0. The van der Waals surface area contributed by atoms with E-state index in [9.17, 15) is 19.2 Å². The first-order valence-corrected chi connectivity index (χ1v) is 10.1. The van der Waals surface area contributed by atoms with Crippen molar-refractivity contribution in [3.05, 3.63) is 34.9 Å². The second kappa shape index (κ2) is 7.61. The topological polar surface area (TPSA) is 78.0 Å². The lowest BCUT2D eigenvalue weighted by Gasteiger charge is -2.29. The first-order valence-electron chi connectivity index (χ1n) is 10.1. The minimum Gasteiger partial charge on any atom is -0.341 e. The van der Waals surface area contributed by atoms with E-state index in [1.165, 1.54) is 11.0 Å². The molecule has 0 aromatic heterocycles. The molecular formula is C22H29N3O4. The molecule has 2 aliphatic rings. The van der Waals surface area contributed by atoms with Crippen molar-refractivity contribution in [1.82, 2.24) is 14.7 Å². The number of hydrogen-bond acceptors (Lipinski definition) is 4. The van der Waals surface area contributed by atoms with E-state index in [0.717, 1.165) is 0 Å². The van der Waals surface area contributed by atoms with Crippen LogP contribution in [0.4, 0.5) is 0 Å². The molecule has 0 spiro atoms. The SMILES string of the molecule is CC(C)C(=O)N1CCCN(C(=O)c2ccc3c(c2)C(=O)N(C(C)(C)C)C3=O)CC1. The van der Waals surface area contributed by atoms with E-state index in [1.807, 2.05) is 39.5 Å². The molecule has 0 bridgehead atoms. The molecular weight excluding hydrogens is 370 g/mol. The Balaban J connectivity index is 1.79. The normalized spacial score (nSPS) is 17.7. The predicted octanol–water partition coefficient (Wildman–Crippen LogP) is 2.41. The molecule has 0 aliphatic carbocycles. The zero-order chi connectivity index (χ0) is 21.5. The number of amides is 4. The number of rotatable bonds is 2. The summed E-state index contributed by atoms with van der Waals surface area (Å²) in [4.78, 5) is 55.5. The van der Waals surface area contributed by atoms with Crippen molar-refractivity contribution < 1.29 is 19.2 Å². The van der Waals surface area contributed by atoms with Gasteiger partial charge in [-0.3, -0.25) is 24.1 Å². The lowest BCUT2D eigenvalue weighted by atomic mass is 10.0. The van der Waals surface area contributed by atoms with Crippen molar-refractivity contribution in [3.8, 4) is 0 Å². The molecule has 0 N–H and O–H groups in total. The van der Waals surface area contributed by atoms with Gasteiger partial charge in [-0.25, -0.2) is 0 Å². The molecule has 0 radical (unpaired) electrons. The minimum absolute atomic E-state index is 0.0664. The first-order chi connectivity index (χ1) is 13.5. The fourth-order valence-electron chi connectivity index (χ4n) is 3.87. The van der Waals surface area contributed by atoms with Gasteiger partial charge in [-0.2, -0.15) is 0 Å². The Morgan fingerprint density at radius 2 is 1.48 bits per heavy atom. The molecule has 0 saturated carbocycles. The molecule has 4 amide bonds. The summed E-state index contributed by atoms with van der Waals surface area (Å²) in [5.41, 5.74) is 0.381. The smallest absolute Gasteiger partial charge is 0.262 e. The van der Waals surface area contributed by atoms with E-state index < -0.39 is 5.54 Å². The van der Waals surface area contributed by atoms with Crippen LogP contribution in [0.5, 0.6) is 0 Å². The molecule has 2 aliphatic heterocycles. The van der Waals surface area contributed by atoms with Crippen molar-refractivity contribution in [2.75, 3.05) is 26.2 Å². The van der Waals surface area contributed by atoms with Crippen molar-refractivity contribution in [3.63, 3.8) is 0 Å². The summed E-state index contributed by atoms with van der Waals surface area (Å²) >= 11 is 0. The Bertz CT molecular complexity index is 869. The number of hydrogen-bond donors (Lipinski definition) is 0. The molecule has 1 aromatic rings. The Morgan fingerprint density at radius 3 is 2.10 bits per heavy atom. The Kier molecular flexibility index (Phi) is 5.52. The van der Waals surface area contributed by atoms with Gasteiger partial charge in [0.05, 0.1) is 11.1 Å². The van der Waals surface area contributed by atoms with Crippen molar-refractivity contribution in [1.29, 1.82) is 0 Å². The number of benzene rings is 1. The van der Waals surface area contributed by atoms with Gasteiger partial charge in [0.1, 0.15) is 0 Å². The highest BCUT2D eigenvalue weighted by Gasteiger charge is 2.42. The Morgan fingerprint density at radius 1 is 0.897 bits per heavy atom. The van der Waals surface area contributed by atoms with E-state index in [1.54, 1.807) is 17.0 Å². The molecule has 7 heteroatoms. The molecule has 3 rings (SSSR count). The highest BCUT2D eigenvalue weighted by atomic mass is 16.2. The summed E-state index contributed by atoms with van der Waals surface area (Å²) in [7, 11) is 0. The highest BCUT2D eigenvalue weighted by Crippen LogP contribution is 2.30. The number of carbonyl (C=O) groups excluding carboxylic acids is 4. The summed E-state index contributed by atoms with van der Waals surface area (Å²) in [6.45, 7) is 11.3. The fraction of sp³-hybridized carbons (Fsp3) is 0.545. The van der Waals surface area contributed by atoms with Crippen molar-refractivity contribution in [2.45, 2.75) is 46.6 Å². The van der Waals surface area contributed by atoms with Crippen LogP contribution in [0, 0.1) is 5.92 Å². The standard InChI is InChI=1S/C22H29N3O4/c1-14(2)18(26)23-9-6-10-24(12-11-23)19(27)15-7-8-16-17(13-15)21(29)25(20(16)28)22(3,4)5/h7-8,13-14H,6,9-12H2,1-5H3. The Labute approximate surface area is 171 Å². The van der Waals surface area contributed by atoms with E-state index >= 15 is 0 Å². The van der Waals surface area contributed by atoms with Gasteiger partial charge >= 0.3 is 0 Å². The van der Waals surface area contributed by atoms with Gasteiger partial charge in [0.25, 0.3) is 17.7 Å². The first kappa shape index (κ1) is 21.0. The van der Waals surface area contributed by atoms with E-state index in [0.29, 0.717) is 43.7 Å². The number of carbonyl (C=O) groups is 4. The number of nitrogens with zero attached hydrogens (tertiary/aromatic N) is 3. The van der Waals surface area contributed by atoms with Gasteiger partial charge in [-0.1, -0.05) is 13.8 Å². The largest absolute Gasteiger partial charge is 0.341 e. The summed E-state index contributed by atoms with van der Waals surface area (Å²) in [6, 6.07) is 4.72. The summed E-state index contributed by atoms with van der Waals surface area (Å²) in [6.07, 6.45) is 0.713. The van der Waals surface area contributed by atoms with Crippen LogP contribution in [0.25, 0.3) is 0 Å².